The molecule has 0 aliphatic carbocycles. The number of carbonyl (C=O) groups excluding carboxylic acids is 1. The van der Waals surface area contributed by atoms with Gasteiger partial charge >= 0.3 is 5.97 Å². The smallest absolute Gasteiger partial charge is 0.319 e. The van der Waals surface area contributed by atoms with E-state index in [2.05, 4.69) is 15.9 Å². The van der Waals surface area contributed by atoms with Crippen LogP contribution in [0.15, 0.2) is 0 Å². The minimum absolute atomic E-state index is 0.127. The van der Waals surface area contributed by atoms with E-state index in [1.807, 2.05) is 6.92 Å². The highest BCUT2D eigenvalue weighted by atomic mass is 79.9. The van der Waals surface area contributed by atoms with Crippen molar-refractivity contribution in [2.24, 2.45) is 0 Å². The molecule has 0 bridgehead atoms. The van der Waals surface area contributed by atoms with Gasteiger partial charge in [0.25, 0.3) is 0 Å². The van der Waals surface area contributed by atoms with Gasteiger partial charge < -0.3 is 4.74 Å². The molecular weight excluding hydrogens is 184 g/mol. The fourth-order valence-corrected chi connectivity index (χ4v) is 0.532. The highest BCUT2D eigenvalue weighted by molar-refractivity contribution is 9.10. The van der Waals surface area contributed by atoms with Crippen molar-refractivity contribution in [1.29, 1.82) is 0 Å². The molecule has 0 saturated heterocycles. The number of alkyl halides is 1. The molecule has 0 radical (unpaired) electrons. The van der Waals surface area contributed by atoms with Gasteiger partial charge in [0.2, 0.25) is 0 Å². The minimum atomic E-state index is -0.167. The number of rotatable bonds is 3. The molecule has 1 atom stereocenters. The summed E-state index contributed by atoms with van der Waals surface area (Å²) < 4.78 is 4.71. The molecule has 0 unspecified atom stereocenters. The number of esters is 1. The van der Waals surface area contributed by atoms with E-state index in [4.69, 9.17) is 4.74 Å². The van der Waals surface area contributed by atoms with Crippen molar-refractivity contribution in [3.05, 3.63) is 0 Å². The van der Waals surface area contributed by atoms with Crippen LogP contribution in [-0.2, 0) is 9.53 Å². The minimum Gasteiger partial charge on any atom is -0.465 e. The largest absolute Gasteiger partial charge is 0.465 e. The fraction of sp³-hybridized carbons (Fsp3) is 0.833. The van der Waals surface area contributed by atoms with Gasteiger partial charge in [-0.05, 0) is 13.3 Å². The number of hydrogen-bond donors (Lipinski definition) is 0. The van der Waals surface area contributed by atoms with Gasteiger partial charge in [0.15, 0.2) is 0 Å². The molecule has 0 aromatic carbocycles. The standard InChI is InChI=1S/C6H11BrO2/c1-3-5(7)6(8)9-4-2/h5H,3-4H2,1-2H3/t5-/m0/s1. The van der Waals surface area contributed by atoms with Gasteiger partial charge in [-0.15, -0.1) is 0 Å². The number of hydrogen-bond acceptors (Lipinski definition) is 2. The predicted octanol–water partition coefficient (Wildman–Crippen LogP) is 1.72. The zero-order valence-electron chi connectivity index (χ0n) is 5.69. The summed E-state index contributed by atoms with van der Waals surface area (Å²) in [4.78, 5) is 10.6. The SMILES string of the molecule is CCOC(=O)[C@@H](Br)CC. The Morgan fingerprint density at radius 2 is 2.22 bits per heavy atom. The van der Waals surface area contributed by atoms with Crippen molar-refractivity contribution in [3.8, 4) is 0 Å². The molecule has 0 spiro atoms. The van der Waals surface area contributed by atoms with Crippen LogP contribution in [0.4, 0.5) is 0 Å². The van der Waals surface area contributed by atoms with Gasteiger partial charge in [-0.3, -0.25) is 4.79 Å². The molecule has 0 aromatic rings. The van der Waals surface area contributed by atoms with E-state index in [1.165, 1.54) is 0 Å². The fourth-order valence-electron chi connectivity index (χ4n) is 0.399. The van der Waals surface area contributed by atoms with Crippen LogP contribution in [-0.4, -0.2) is 17.4 Å². The van der Waals surface area contributed by atoms with Gasteiger partial charge in [-0.1, -0.05) is 22.9 Å². The Labute approximate surface area is 63.7 Å². The lowest BCUT2D eigenvalue weighted by atomic mass is 10.3. The Morgan fingerprint density at radius 1 is 1.67 bits per heavy atom. The summed E-state index contributed by atoms with van der Waals surface area (Å²) in [5.74, 6) is -0.167. The first-order chi connectivity index (χ1) is 4.22. The molecule has 0 rings (SSSR count). The number of carbonyl (C=O) groups is 1. The van der Waals surface area contributed by atoms with Crippen LogP contribution >= 0.6 is 15.9 Å². The topological polar surface area (TPSA) is 26.3 Å². The van der Waals surface area contributed by atoms with Crippen LogP contribution in [0, 0.1) is 0 Å². The molecule has 2 nitrogen and oxygen atoms in total. The van der Waals surface area contributed by atoms with Crippen LogP contribution in [0.1, 0.15) is 20.3 Å². The van der Waals surface area contributed by atoms with Crippen LogP contribution in [0.2, 0.25) is 0 Å². The first-order valence-electron chi connectivity index (χ1n) is 3.03. The molecule has 0 aliphatic heterocycles. The Hall–Kier alpha value is -0.0500. The monoisotopic (exact) mass is 194 g/mol. The molecule has 0 fully saturated rings. The van der Waals surface area contributed by atoms with Crippen LogP contribution in [0.3, 0.4) is 0 Å². The molecule has 0 aliphatic rings. The molecule has 0 heterocycles. The van der Waals surface area contributed by atoms with Gasteiger partial charge in [-0.25, -0.2) is 0 Å². The number of ether oxygens (including phenoxy) is 1. The van der Waals surface area contributed by atoms with Gasteiger partial charge in [0, 0.05) is 0 Å². The van der Waals surface area contributed by atoms with Crippen LogP contribution in [0.25, 0.3) is 0 Å². The Morgan fingerprint density at radius 3 is 2.56 bits per heavy atom. The van der Waals surface area contributed by atoms with E-state index in [1.54, 1.807) is 6.92 Å². The first kappa shape index (κ1) is 8.95. The van der Waals surface area contributed by atoms with Crippen molar-refractivity contribution in [2.45, 2.75) is 25.1 Å². The van der Waals surface area contributed by atoms with E-state index in [-0.39, 0.29) is 10.8 Å². The summed E-state index contributed by atoms with van der Waals surface area (Å²) in [6.07, 6.45) is 0.777. The van der Waals surface area contributed by atoms with E-state index < -0.39 is 0 Å². The van der Waals surface area contributed by atoms with E-state index >= 15 is 0 Å². The Balaban J connectivity index is 3.46. The quantitative estimate of drug-likeness (QED) is 0.506. The van der Waals surface area contributed by atoms with Crippen molar-refractivity contribution in [2.75, 3.05) is 6.61 Å². The molecule has 3 heteroatoms. The number of halogens is 1. The summed E-state index contributed by atoms with van der Waals surface area (Å²) in [6, 6.07) is 0. The van der Waals surface area contributed by atoms with E-state index in [0.717, 1.165) is 6.42 Å². The lowest BCUT2D eigenvalue weighted by Crippen LogP contribution is -2.15. The second kappa shape index (κ2) is 4.79. The molecule has 54 valence electrons. The van der Waals surface area contributed by atoms with E-state index in [9.17, 15) is 4.79 Å². The predicted molar refractivity (Wildman–Crippen MR) is 39.6 cm³/mol. The molecular formula is C6H11BrO2. The molecule has 9 heavy (non-hydrogen) atoms. The van der Waals surface area contributed by atoms with Gasteiger partial charge in [-0.2, -0.15) is 0 Å². The third-order valence-electron chi connectivity index (χ3n) is 0.901. The molecule has 0 aromatic heterocycles. The van der Waals surface area contributed by atoms with Crippen LogP contribution < -0.4 is 0 Å². The summed E-state index contributed by atoms with van der Waals surface area (Å²) in [6.45, 7) is 4.19. The van der Waals surface area contributed by atoms with E-state index in [0.29, 0.717) is 6.61 Å². The Kier molecular flexibility index (Phi) is 4.77. The molecule has 0 saturated carbocycles. The summed E-state index contributed by atoms with van der Waals surface area (Å²) in [5.41, 5.74) is 0. The van der Waals surface area contributed by atoms with Crippen molar-refractivity contribution in [3.63, 3.8) is 0 Å². The second-order valence-electron chi connectivity index (χ2n) is 1.63. The van der Waals surface area contributed by atoms with Crippen molar-refractivity contribution in [1.82, 2.24) is 0 Å². The summed E-state index contributed by atoms with van der Waals surface area (Å²) in [7, 11) is 0. The maximum absolute atomic E-state index is 10.7. The van der Waals surface area contributed by atoms with Crippen molar-refractivity contribution < 1.29 is 9.53 Å². The molecule has 0 amide bonds. The third-order valence-corrected chi connectivity index (χ3v) is 1.92. The van der Waals surface area contributed by atoms with Gasteiger partial charge in [0.05, 0.1) is 6.61 Å². The highest BCUT2D eigenvalue weighted by Gasteiger charge is 2.11. The maximum Gasteiger partial charge on any atom is 0.319 e. The van der Waals surface area contributed by atoms with Crippen molar-refractivity contribution >= 4 is 21.9 Å². The average Bonchev–Trinajstić information content (AvgIpc) is 1.87. The van der Waals surface area contributed by atoms with Gasteiger partial charge in [0.1, 0.15) is 4.83 Å². The average molecular weight is 195 g/mol. The first-order valence-corrected chi connectivity index (χ1v) is 3.94. The summed E-state index contributed by atoms with van der Waals surface area (Å²) in [5, 5.41) is 0. The van der Waals surface area contributed by atoms with Crippen LogP contribution in [0.5, 0.6) is 0 Å². The maximum atomic E-state index is 10.7. The summed E-state index contributed by atoms with van der Waals surface area (Å²) >= 11 is 3.17. The Bertz CT molecular complexity index is 93.1. The second-order valence-corrected chi connectivity index (χ2v) is 2.73. The zero-order valence-corrected chi connectivity index (χ0v) is 7.27. The molecule has 0 N–H and O–H groups in total. The zero-order chi connectivity index (χ0) is 7.28. The lowest BCUT2D eigenvalue weighted by Gasteiger charge is -2.04. The third kappa shape index (κ3) is 3.51. The normalized spacial score (nSPS) is 12.8. The lowest BCUT2D eigenvalue weighted by molar-refractivity contribution is -0.142. The highest BCUT2D eigenvalue weighted by Crippen LogP contribution is 2.05.